The van der Waals surface area contributed by atoms with Gasteiger partial charge in [0.15, 0.2) is 0 Å². The lowest BCUT2D eigenvalue weighted by atomic mass is 10.2. The summed E-state index contributed by atoms with van der Waals surface area (Å²) in [5.41, 5.74) is 3.38. The van der Waals surface area contributed by atoms with E-state index in [-0.39, 0.29) is 13.2 Å². The van der Waals surface area contributed by atoms with Gasteiger partial charge in [-0.25, -0.2) is 15.8 Å². The first-order valence-electron chi connectivity index (χ1n) is 6.48. The molecule has 0 unspecified atom stereocenters. The predicted octanol–water partition coefficient (Wildman–Crippen LogP) is -0.186. The van der Waals surface area contributed by atoms with Crippen LogP contribution in [0.3, 0.4) is 0 Å². The maximum absolute atomic E-state index is 9.11. The number of anilines is 2. The lowest BCUT2D eigenvalue weighted by molar-refractivity contribution is 0.280. The van der Waals surface area contributed by atoms with E-state index in [9.17, 15) is 0 Å². The lowest BCUT2D eigenvalue weighted by Crippen LogP contribution is -2.32. The molecule has 5 N–H and O–H groups in total. The van der Waals surface area contributed by atoms with Crippen molar-refractivity contribution in [2.24, 2.45) is 5.84 Å². The van der Waals surface area contributed by atoms with Crippen molar-refractivity contribution in [1.82, 2.24) is 9.97 Å². The Balaban J connectivity index is 3.17. The number of hydrogen-bond acceptors (Lipinski definition) is 7. The van der Waals surface area contributed by atoms with Crippen LogP contribution in [-0.2, 0) is 6.42 Å². The smallest absolute Gasteiger partial charge is 0.148 e. The molecular formula is C12H23N5O2. The van der Waals surface area contributed by atoms with E-state index in [2.05, 4.69) is 22.3 Å². The monoisotopic (exact) mass is 269 g/mol. The number of rotatable bonds is 8. The van der Waals surface area contributed by atoms with Gasteiger partial charge >= 0.3 is 0 Å². The number of nitrogens with zero attached hydrogens (tertiary/aromatic N) is 3. The van der Waals surface area contributed by atoms with Crippen LogP contribution < -0.4 is 16.2 Å². The van der Waals surface area contributed by atoms with E-state index < -0.39 is 0 Å². The summed E-state index contributed by atoms with van der Waals surface area (Å²) in [5, 5.41) is 18.2. The van der Waals surface area contributed by atoms with Crippen molar-refractivity contribution in [2.45, 2.75) is 26.7 Å². The van der Waals surface area contributed by atoms with E-state index in [0.717, 1.165) is 18.4 Å². The van der Waals surface area contributed by atoms with Crippen LogP contribution in [0.1, 0.15) is 24.7 Å². The molecule has 0 radical (unpaired) electrons. The SMILES string of the molecule is CCCc1nc(NN)c(C)c(N(CCO)CCO)n1. The van der Waals surface area contributed by atoms with Gasteiger partial charge in [0.25, 0.3) is 0 Å². The minimum Gasteiger partial charge on any atom is -0.395 e. The van der Waals surface area contributed by atoms with Crippen molar-refractivity contribution in [2.75, 3.05) is 36.6 Å². The summed E-state index contributed by atoms with van der Waals surface area (Å²) in [7, 11) is 0. The fourth-order valence-corrected chi connectivity index (χ4v) is 1.90. The van der Waals surface area contributed by atoms with Gasteiger partial charge in [0.1, 0.15) is 17.5 Å². The topological polar surface area (TPSA) is 108 Å². The van der Waals surface area contributed by atoms with Gasteiger partial charge in [-0.2, -0.15) is 0 Å². The van der Waals surface area contributed by atoms with Crippen LogP contribution in [0.2, 0.25) is 0 Å². The summed E-state index contributed by atoms with van der Waals surface area (Å²) in [4.78, 5) is 10.7. The molecule has 7 heteroatoms. The first kappa shape index (κ1) is 15.6. The molecular weight excluding hydrogens is 246 g/mol. The van der Waals surface area contributed by atoms with Gasteiger partial charge in [-0.1, -0.05) is 6.92 Å². The van der Waals surface area contributed by atoms with E-state index in [0.29, 0.717) is 30.5 Å². The molecule has 0 saturated carbocycles. The molecule has 0 aliphatic heterocycles. The van der Waals surface area contributed by atoms with Crippen LogP contribution in [0, 0.1) is 6.92 Å². The molecule has 1 rings (SSSR count). The number of aromatic nitrogens is 2. The van der Waals surface area contributed by atoms with Gasteiger partial charge in [-0.3, -0.25) is 0 Å². The second-order valence-corrected chi connectivity index (χ2v) is 4.27. The van der Waals surface area contributed by atoms with E-state index in [1.165, 1.54) is 0 Å². The highest BCUT2D eigenvalue weighted by molar-refractivity contribution is 5.58. The molecule has 0 aromatic carbocycles. The summed E-state index contributed by atoms with van der Waals surface area (Å²) in [6, 6.07) is 0. The number of aryl methyl sites for hydroxylation is 1. The first-order chi connectivity index (χ1) is 9.17. The normalized spacial score (nSPS) is 10.6. The molecule has 0 spiro atoms. The Kier molecular flexibility index (Phi) is 6.48. The fourth-order valence-electron chi connectivity index (χ4n) is 1.90. The Bertz CT molecular complexity index is 394. The number of nitrogen functional groups attached to an aromatic ring is 1. The highest BCUT2D eigenvalue weighted by Gasteiger charge is 2.15. The molecule has 1 aromatic rings. The number of nitrogens with one attached hydrogen (secondary N) is 1. The maximum atomic E-state index is 9.11. The predicted molar refractivity (Wildman–Crippen MR) is 75.0 cm³/mol. The van der Waals surface area contributed by atoms with Gasteiger partial charge in [0, 0.05) is 25.1 Å². The van der Waals surface area contributed by atoms with Crippen LogP contribution >= 0.6 is 0 Å². The van der Waals surface area contributed by atoms with Crippen LogP contribution in [0.25, 0.3) is 0 Å². The van der Waals surface area contributed by atoms with E-state index in [1.807, 2.05) is 11.8 Å². The summed E-state index contributed by atoms with van der Waals surface area (Å²) < 4.78 is 0. The Morgan fingerprint density at radius 2 is 1.84 bits per heavy atom. The quantitative estimate of drug-likeness (QED) is 0.383. The van der Waals surface area contributed by atoms with Crippen LogP contribution in [0.5, 0.6) is 0 Å². The molecule has 0 bridgehead atoms. The van der Waals surface area contributed by atoms with Crippen LogP contribution in [0.4, 0.5) is 11.6 Å². The standard InChI is InChI=1S/C12H23N5O2/c1-3-4-10-14-11(16-13)9(2)12(15-10)17(5-7-18)6-8-19/h18-19H,3-8,13H2,1-2H3,(H,14,15,16). The number of hydrazine groups is 1. The molecule has 0 aliphatic carbocycles. The van der Waals surface area contributed by atoms with E-state index >= 15 is 0 Å². The third kappa shape index (κ3) is 4.02. The molecule has 1 heterocycles. The Hall–Kier alpha value is -1.44. The van der Waals surface area contributed by atoms with Crippen LogP contribution in [0.15, 0.2) is 0 Å². The zero-order valence-electron chi connectivity index (χ0n) is 11.6. The minimum absolute atomic E-state index is 0.00204. The van der Waals surface area contributed by atoms with Gasteiger partial charge in [0.05, 0.1) is 13.2 Å². The van der Waals surface area contributed by atoms with Crippen LogP contribution in [-0.4, -0.2) is 46.5 Å². The second kappa shape index (κ2) is 7.88. The van der Waals surface area contributed by atoms with E-state index in [1.54, 1.807) is 0 Å². The third-order valence-electron chi connectivity index (χ3n) is 2.82. The average molecular weight is 269 g/mol. The molecule has 0 amide bonds. The summed E-state index contributed by atoms with van der Waals surface area (Å²) in [6.45, 7) is 4.73. The molecule has 0 saturated heterocycles. The molecule has 1 aromatic heterocycles. The zero-order chi connectivity index (χ0) is 14.3. The summed E-state index contributed by atoms with van der Waals surface area (Å²) in [6.07, 6.45) is 1.70. The number of nitrogens with two attached hydrogens (primary N) is 1. The lowest BCUT2D eigenvalue weighted by Gasteiger charge is -2.24. The molecule has 0 aliphatic rings. The van der Waals surface area contributed by atoms with Crippen molar-refractivity contribution in [3.8, 4) is 0 Å². The maximum Gasteiger partial charge on any atom is 0.148 e. The highest BCUT2D eigenvalue weighted by atomic mass is 16.3. The Morgan fingerprint density at radius 3 is 2.32 bits per heavy atom. The summed E-state index contributed by atoms with van der Waals surface area (Å²) in [5.74, 6) is 7.46. The third-order valence-corrected chi connectivity index (χ3v) is 2.82. The average Bonchev–Trinajstić information content (AvgIpc) is 2.40. The molecule has 0 atom stereocenters. The minimum atomic E-state index is -0.00204. The molecule has 7 nitrogen and oxygen atoms in total. The number of aliphatic hydroxyl groups excluding tert-OH is 2. The van der Waals surface area contributed by atoms with Gasteiger partial charge in [-0.05, 0) is 13.3 Å². The summed E-state index contributed by atoms with van der Waals surface area (Å²) >= 11 is 0. The molecule has 19 heavy (non-hydrogen) atoms. The number of hydrogen-bond donors (Lipinski definition) is 4. The zero-order valence-corrected chi connectivity index (χ0v) is 11.6. The van der Waals surface area contributed by atoms with Gasteiger partial charge < -0.3 is 20.5 Å². The Labute approximate surface area is 113 Å². The van der Waals surface area contributed by atoms with Crippen molar-refractivity contribution >= 4 is 11.6 Å². The van der Waals surface area contributed by atoms with Crippen molar-refractivity contribution in [3.05, 3.63) is 11.4 Å². The second-order valence-electron chi connectivity index (χ2n) is 4.27. The van der Waals surface area contributed by atoms with Gasteiger partial charge in [0.2, 0.25) is 0 Å². The van der Waals surface area contributed by atoms with Crippen molar-refractivity contribution in [3.63, 3.8) is 0 Å². The van der Waals surface area contributed by atoms with Gasteiger partial charge in [-0.15, -0.1) is 0 Å². The highest BCUT2D eigenvalue weighted by Crippen LogP contribution is 2.23. The fraction of sp³-hybridized carbons (Fsp3) is 0.667. The largest absolute Gasteiger partial charge is 0.395 e. The molecule has 108 valence electrons. The van der Waals surface area contributed by atoms with Crippen molar-refractivity contribution in [1.29, 1.82) is 0 Å². The molecule has 0 fully saturated rings. The number of aliphatic hydroxyl groups is 2. The van der Waals surface area contributed by atoms with Crippen molar-refractivity contribution < 1.29 is 10.2 Å². The Morgan fingerprint density at radius 1 is 1.21 bits per heavy atom. The van der Waals surface area contributed by atoms with E-state index in [4.69, 9.17) is 16.1 Å². The first-order valence-corrected chi connectivity index (χ1v) is 6.48.